The maximum absolute atomic E-state index is 12.6. The summed E-state index contributed by atoms with van der Waals surface area (Å²) in [5.74, 6) is 0. The van der Waals surface area contributed by atoms with Crippen LogP contribution in [0, 0.1) is 0 Å². The van der Waals surface area contributed by atoms with Crippen LogP contribution in [0.1, 0.15) is 46.0 Å². The molecule has 0 saturated carbocycles. The molecule has 1 saturated heterocycles. The van der Waals surface area contributed by atoms with Crippen LogP contribution in [0.2, 0.25) is 0 Å². The SMILES string of the molecule is CCCCN(CCBr)S(=O)(=O)N1CCCCC1C. The molecule has 0 radical (unpaired) electrons. The number of piperidine rings is 1. The van der Waals surface area contributed by atoms with Crippen molar-refractivity contribution in [3.63, 3.8) is 0 Å². The minimum absolute atomic E-state index is 0.142. The summed E-state index contributed by atoms with van der Waals surface area (Å²) in [7, 11) is -3.27. The predicted octanol–water partition coefficient (Wildman–Crippen LogP) is 2.60. The van der Waals surface area contributed by atoms with Crippen LogP contribution in [-0.2, 0) is 10.2 Å². The molecule has 1 heterocycles. The fourth-order valence-electron chi connectivity index (χ4n) is 2.33. The summed E-state index contributed by atoms with van der Waals surface area (Å²) in [6.45, 7) is 5.97. The van der Waals surface area contributed by atoms with Gasteiger partial charge in [-0.3, -0.25) is 0 Å². The first-order valence-electron chi connectivity index (χ1n) is 6.87. The molecule has 0 aliphatic carbocycles. The summed E-state index contributed by atoms with van der Waals surface area (Å²) in [6.07, 6.45) is 5.05. The number of halogens is 1. The van der Waals surface area contributed by atoms with Crippen LogP contribution in [0.4, 0.5) is 0 Å². The minimum Gasteiger partial charge on any atom is -0.195 e. The number of alkyl halides is 1. The summed E-state index contributed by atoms with van der Waals surface area (Å²) in [5, 5.41) is 0.693. The summed E-state index contributed by atoms with van der Waals surface area (Å²) < 4.78 is 28.6. The molecule has 0 spiro atoms. The van der Waals surface area contributed by atoms with Gasteiger partial charge < -0.3 is 0 Å². The average molecular weight is 341 g/mol. The van der Waals surface area contributed by atoms with Crippen molar-refractivity contribution in [2.45, 2.75) is 52.0 Å². The highest BCUT2D eigenvalue weighted by Gasteiger charge is 2.33. The number of rotatable bonds is 7. The van der Waals surface area contributed by atoms with E-state index in [1.54, 1.807) is 8.61 Å². The Morgan fingerprint density at radius 2 is 2.06 bits per heavy atom. The van der Waals surface area contributed by atoms with E-state index >= 15 is 0 Å². The smallest absolute Gasteiger partial charge is 0.195 e. The second-order valence-corrected chi connectivity index (χ2v) is 7.58. The van der Waals surface area contributed by atoms with Gasteiger partial charge in [0.2, 0.25) is 0 Å². The number of nitrogens with zero attached hydrogens (tertiary/aromatic N) is 2. The largest absolute Gasteiger partial charge is 0.282 e. The summed E-state index contributed by atoms with van der Waals surface area (Å²) in [5.41, 5.74) is 0. The molecule has 4 nitrogen and oxygen atoms in total. The van der Waals surface area contributed by atoms with Gasteiger partial charge in [-0.1, -0.05) is 35.7 Å². The molecule has 1 fully saturated rings. The van der Waals surface area contributed by atoms with Crippen LogP contribution in [-0.4, -0.2) is 48.0 Å². The Hall–Kier alpha value is 0.350. The Balaban J connectivity index is 2.78. The van der Waals surface area contributed by atoms with E-state index in [1.165, 1.54) is 0 Å². The van der Waals surface area contributed by atoms with Crippen LogP contribution >= 0.6 is 15.9 Å². The summed E-state index contributed by atoms with van der Waals surface area (Å²) in [4.78, 5) is 0. The van der Waals surface area contributed by atoms with E-state index in [-0.39, 0.29) is 6.04 Å². The van der Waals surface area contributed by atoms with Gasteiger partial charge in [0.25, 0.3) is 10.2 Å². The van der Waals surface area contributed by atoms with E-state index in [2.05, 4.69) is 22.9 Å². The molecule has 1 unspecified atom stereocenters. The van der Waals surface area contributed by atoms with Gasteiger partial charge in [-0.25, -0.2) is 0 Å². The lowest BCUT2D eigenvalue weighted by atomic mass is 10.1. The van der Waals surface area contributed by atoms with Crippen molar-refractivity contribution in [2.24, 2.45) is 0 Å². The van der Waals surface area contributed by atoms with E-state index in [4.69, 9.17) is 0 Å². The van der Waals surface area contributed by atoms with E-state index in [9.17, 15) is 8.42 Å². The lowest BCUT2D eigenvalue weighted by Crippen LogP contribution is -2.50. The molecular weight excluding hydrogens is 316 g/mol. The Morgan fingerprint density at radius 1 is 1.33 bits per heavy atom. The Bertz CT molecular complexity index is 335. The van der Waals surface area contributed by atoms with Gasteiger partial charge in [0.1, 0.15) is 0 Å². The zero-order valence-corrected chi connectivity index (χ0v) is 13.8. The Kier molecular flexibility index (Phi) is 7.13. The normalized spacial score (nSPS) is 22.6. The van der Waals surface area contributed by atoms with Gasteiger partial charge >= 0.3 is 0 Å². The monoisotopic (exact) mass is 340 g/mol. The average Bonchev–Trinajstić information content (AvgIpc) is 2.34. The first-order valence-corrected chi connectivity index (χ1v) is 9.38. The molecule has 1 atom stereocenters. The van der Waals surface area contributed by atoms with Crippen LogP contribution in [0.3, 0.4) is 0 Å². The fraction of sp³-hybridized carbons (Fsp3) is 1.00. The molecule has 1 aliphatic rings. The van der Waals surface area contributed by atoms with Crippen LogP contribution in [0.15, 0.2) is 0 Å². The van der Waals surface area contributed by atoms with Crippen molar-refractivity contribution < 1.29 is 8.42 Å². The lowest BCUT2D eigenvalue weighted by Gasteiger charge is -2.36. The van der Waals surface area contributed by atoms with E-state index in [0.29, 0.717) is 25.0 Å². The predicted molar refractivity (Wildman–Crippen MR) is 79.2 cm³/mol. The first kappa shape index (κ1) is 16.4. The highest BCUT2D eigenvalue weighted by Crippen LogP contribution is 2.22. The summed E-state index contributed by atoms with van der Waals surface area (Å²) >= 11 is 3.35. The maximum Gasteiger partial charge on any atom is 0.282 e. The zero-order chi connectivity index (χ0) is 13.6. The van der Waals surface area contributed by atoms with Crippen LogP contribution in [0.5, 0.6) is 0 Å². The molecule has 6 heteroatoms. The lowest BCUT2D eigenvalue weighted by molar-refractivity contribution is 0.245. The quantitative estimate of drug-likeness (QED) is 0.668. The number of unbranched alkanes of at least 4 members (excludes halogenated alkanes) is 1. The van der Waals surface area contributed by atoms with Crippen molar-refractivity contribution in [1.29, 1.82) is 0 Å². The topological polar surface area (TPSA) is 40.6 Å². The van der Waals surface area contributed by atoms with Crippen LogP contribution < -0.4 is 0 Å². The Morgan fingerprint density at radius 3 is 2.61 bits per heavy atom. The molecule has 0 N–H and O–H groups in total. The van der Waals surface area contributed by atoms with Crippen molar-refractivity contribution >= 4 is 26.1 Å². The van der Waals surface area contributed by atoms with E-state index < -0.39 is 10.2 Å². The van der Waals surface area contributed by atoms with Gasteiger partial charge in [0.15, 0.2) is 0 Å². The standard InChI is InChI=1S/C12H25BrN2O2S/c1-3-4-9-14(11-8-13)18(16,17)15-10-6-5-7-12(15)2/h12H,3-11H2,1-2H3. The molecule has 0 aromatic carbocycles. The summed E-state index contributed by atoms with van der Waals surface area (Å²) in [6, 6.07) is 0.142. The van der Waals surface area contributed by atoms with Gasteiger partial charge in [0, 0.05) is 31.0 Å². The van der Waals surface area contributed by atoms with Crippen molar-refractivity contribution in [2.75, 3.05) is 25.0 Å². The van der Waals surface area contributed by atoms with E-state index in [0.717, 1.165) is 32.1 Å². The molecule has 1 rings (SSSR count). The molecule has 0 aromatic rings. The Labute approximate surface area is 120 Å². The first-order chi connectivity index (χ1) is 8.54. The van der Waals surface area contributed by atoms with Crippen LogP contribution in [0.25, 0.3) is 0 Å². The third-order valence-electron chi connectivity index (χ3n) is 3.46. The molecule has 1 aliphatic heterocycles. The van der Waals surface area contributed by atoms with E-state index in [1.807, 2.05) is 6.92 Å². The van der Waals surface area contributed by atoms with Gasteiger partial charge in [-0.2, -0.15) is 17.0 Å². The second-order valence-electron chi connectivity index (χ2n) is 4.90. The highest BCUT2D eigenvalue weighted by atomic mass is 79.9. The molecular formula is C12H25BrN2O2S. The number of hydrogen-bond acceptors (Lipinski definition) is 2. The third-order valence-corrected chi connectivity index (χ3v) is 5.97. The van der Waals surface area contributed by atoms with Crippen molar-refractivity contribution in [3.05, 3.63) is 0 Å². The van der Waals surface area contributed by atoms with Gasteiger partial charge in [-0.05, 0) is 26.2 Å². The molecule has 108 valence electrons. The van der Waals surface area contributed by atoms with Gasteiger partial charge in [-0.15, -0.1) is 0 Å². The van der Waals surface area contributed by atoms with Crippen molar-refractivity contribution in [1.82, 2.24) is 8.61 Å². The minimum atomic E-state index is -3.27. The second kappa shape index (κ2) is 7.82. The molecule has 18 heavy (non-hydrogen) atoms. The fourth-order valence-corrected chi connectivity index (χ4v) is 4.90. The van der Waals surface area contributed by atoms with Crippen molar-refractivity contribution in [3.8, 4) is 0 Å². The highest BCUT2D eigenvalue weighted by molar-refractivity contribution is 9.09. The number of hydrogen-bond donors (Lipinski definition) is 0. The van der Waals surface area contributed by atoms with Gasteiger partial charge in [0.05, 0.1) is 0 Å². The molecule has 0 aromatic heterocycles. The molecule has 0 amide bonds. The third kappa shape index (κ3) is 4.18. The maximum atomic E-state index is 12.6. The zero-order valence-electron chi connectivity index (χ0n) is 11.4. The molecule has 0 bridgehead atoms.